The summed E-state index contributed by atoms with van der Waals surface area (Å²) in [6.45, 7) is 0.309. The SMILES string of the molecule is O=C(CC1(O)C(=O)N(Cc2ccccc2)c2ccc(Cl)cc21)c1ccc2c(c1)CCCC2. The van der Waals surface area contributed by atoms with Gasteiger partial charge in [-0.15, -0.1) is 0 Å². The van der Waals surface area contributed by atoms with E-state index in [1.165, 1.54) is 17.5 Å². The van der Waals surface area contributed by atoms with E-state index in [9.17, 15) is 14.7 Å². The number of carbonyl (C=O) groups is 2. The summed E-state index contributed by atoms with van der Waals surface area (Å²) in [5.74, 6) is -0.744. The van der Waals surface area contributed by atoms with Crippen molar-refractivity contribution < 1.29 is 14.7 Å². The first-order valence-corrected chi connectivity index (χ1v) is 11.4. The molecule has 2 aliphatic rings. The van der Waals surface area contributed by atoms with Gasteiger partial charge in [0.2, 0.25) is 0 Å². The fourth-order valence-electron chi connectivity index (χ4n) is 4.86. The number of aliphatic hydroxyl groups is 1. The highest BCUT2D eigenvalue weighted by Crippen LogP contribution is 2.44. The Morgan fingerprint density at radius 1 is 0.969 bits per heavy atom. The number of Topliss-reactive ketones (excluding diaryl/α,β-unsaturated/α-hetero) is 1. The molecule has 3 aromatic carbocycles. The molecule has 0 fully saturated rings. The van der Waals surface area contributed by atoms with Crippen molar-refractivity contribution >= 4 is 29.0 Å². The summed E-state index contributed by atoms with van der Waals surface area (Å²) in [5, 5.41) is 12.0. The van der Waals surface area contributed by atoms with Crippen molar-refractivity contribution in [3.63, 3.8) is 0 Å². The lowest BCUT2D eigenvalue weighted by atomic mass is 9.85. The number of rotatable bonds is 5. The molecular formula is C27H24ClNO3. The van der Waals surface area contributed by atoms with E-state index in [1.54, 1.807) is 23.1 Å². The lowest BCUT2D eigenvalue weighted by Gasteiger charge is -2.23. The number of ketones is 1. The van der Waals surface area contributed by atoms with E-state index in [-0.39, 0.29) is 12.2 Å². The second kappa shape index (κ2) is 8.19. The zero-order chi connectivity index (χ0) is 22.3. The summed E-state index contributed by atoms with van der Waals surface area (Å²) in [5.41, 5.74) is 2.99. The lowest BCUT2D eigenvalue weighted by molar-refractivity contribution is -0.136. The van der Waals surface area contributed by atoms with Crippen molar-refractivity contribution in [2.24, 2.45) is 0 Å². The highest BCUT2D eigenvalue weighted by molar-refractivity contribution is 6.31. The summed E-state index contributed by atoms with van der Waals surface area (Å²) >= 11 is 6.21. The highest BCUT2D eigenvalue weighted by atomic mass is 35.5. The van der Waals surface area contributed by atoms with E-state index in [1.807, 2.05) is 48.5 Å². The van der Waals surface area contributed by atoms with Crippen molar-refractivity contribution in [3.8, 4) is 0 Å². The van der Waals surface area contributed by atoms with Crippen molar-refractivity contribution in [2.45, 2.75) is 44.2 Å². The molecule has 1 amide bonds. The van der Waals surface area contributed by atoms with Gasteiger partial charge in [-0.25, -0.2) is 0 Å². The van der Waals surface area contributed by atoms with E-state index >= 15 is 0 Å². The Hall–Kier alpha value is -2.95. The zero-order valence-corrected chi connectivity index (χ0v) is 18.4. The fourth-order valence-corrected chi connectivity index (χ4v) is 5.03. The number of carbonyl (C=O) groups excluding carboxylic acids is 2. The van der Waals surface area contributed by atoms with Crippen LogP contribution in [0.25, 0.3) is 0 Å². The second-order valence-electron chi connectivity index (χ2n) is 8.69. The number of hydrogen-bond donors (Lipinski definition) is 1. The average molecular weight is 446 g/mol. The van der Waals surface area contributed by atoms with Crippen molar-refractivity contribution in [3.05, 3.63) is 99.6 Å². The Kier molecular flexibility index (Phi) is 5.36. The molecule has 32 heavy (non-hydrogen) atoms. The third kappa shape index (κ3) is 3.64. The minimum atomic E-state index is -1.94. The molecule has 0 aromatic heterocycles. The van der Waals surface area contributed by atoms with Gasteiger partial charge < -0.3 is 10.0 Å². The molecule has 0 saturated carbocycles. The first-order chi connectivity index (χ1) is 15.5. The number of aryl methyl sites for hydroxylation is 2. The smallest absolute Gasteiger partial charge is 0.264 e. The van der Waals surface area contributed by atoms with Crippen LogP contribution in [0.5, 0.6) is 0 Å². The first kappa shape index (κ1) is 20.9. The quantitative estimate of drug-likeness (QED) is 0.547. The maximum Gasteiger partial charge on any atom is 0.264 e. The van der Waals surface area contributed by atoms with E-state index in [4.69, 9.17) is 11.6 Å². The van der Waals surface area contributed by atoms with E-state index in [0.29, 0.717) is 28.4 Å². The van der Waals surface area contributed by atoms with Crippen LogP contribution < -0.4 is 4.90 Å². The summed E-state index contributed by atoms with van der Waals surface area (Å²) < 4.78 is 0. The predicted octanol–water partition coefficient (Wildman–Crippen LogP) is 5.23. The number of benzene rings is 3. The van der Waals surface area contributed by atoms with E-state index in [0.717, 1.165) is 24.8 Å². The number of halogens is 1. The standard InChI is InChI=1S/C27H24ClNO3/c28-22-12-13-24-23(15-22)27(32,26(31)29(24)17-18-6-2-1-3-7-18)16-25(30)21-11-10-19-8-4-5-9-20(19)14-21/h1-3,6-7,10-15,32H,4-5,8-9,16-17H2. The zero-order valence-electron chi connectivity index (χ0n) is 17.7. The van der Waals surface area contributed by atoms with Gasteiger partial charge in [0.25, 0.3) is 5.91 Å². The Morgan fingerprint density at radius 3 is 2.50 bits per heavy atom. The molecule has 0 spiro atoms. The number of nitrogens with zero attached hydrogens (tertiary/aromatic N) is 1. The van der Waals surface area contributed by atoms with Crippen molar-refractivity contribution in [1.82, 2.24) is 0 Å². The van der Waals surface area contributed by atoms with Gasteiger partial charge in [0, 0.05) is 16.1 Å². The van der Waals surface area contributed by atoms with Gasteiger partial charge in [0.1, 0.15) is 0 Å². The molecule has 1 atom stereocenters. The van der Waals surface area contributed by atoms with Gasteiger partial charge in [0.05, 0.1) is 18.7 Å². The molecule has 5 rings (SSSR count). The number of fused-ring (bicyclic) bond motifs is 2. The minimum absolute atomic E-state index is 0.248. The monoisotopic (exact) mass is 445 g/mol. The van der Waals surface area contributed by atoms with Crippen LogP contribution in [0.1, 0.15) is 51.9 Å². The van der Waals surface area contributed by atoms with Crippen LogP contribution in [0.3, 0.4) is 0 Å². The average Bonchev–Trinajstić information content (AvgIpc) is 3.00. The second-order valence-corrected chi connectivity index (χ2v) is 9.13. The molecule has 162 valence electrons. The molecule has 1 heterocycles. The van der Waals surface area contributed by atoms with Gasteiger partial charge >= 0.3 is 0 Å². The van der Waals surface area contributed by atoms with Crippen LogP contribution in [0.2, 0.25) is 5.02 Å². The molecule has 1 aliphatic heterocycles. The number of hydrogen-bond acceptors (Lipinski definition) is 3. The van der Waals surface area contributed by atoms with E-state index in [2.05, 4.69) is 0 Å². The predicted molar refractivity (Wildman–Crippen MR) is 125 cm³/mol. The Balaban J connectivity index is 1.48. The van der Waals surface area contributed by atoms with Crippen LogP contribution in [-0.4, -0.2) is 16.8 Å². The molecule has 1 aliphatic carbocycles. The van der Waals surface area contributed by atoms with Crippen molar-refractivity contribution in [2.75, 3.05) is 4.90 Å². The first-order valence-electron chi connectivity index (χ1n) is 11.0. The van der Waals surface area contributed by atoms with Crippen LogP contribution in [0.15, 0.2) is 66.7 Å². The third-order valence-electron chi connectivity index (χ3n) is 6.56. The number of amides is 1. The molecule has 0 radical (unpaired) electrons. The number of anilines is 1. The van der Waals surface area contributed by atoms with Gasteiger partial charge in [-0.3, -0.25) is 9.59 Å². The topological polar surface area (TPSA) is 57.6 Å². The molecule has 0 bridgehead atoms. The summed E-state index contributed by atoms with van der Waals surface area (Å²) in [6.07, 6.45) is 3.97. The third-order valence-corrected chi connectivity index (χ3v) is 6.80. The maximum absolute atomic E-state index is 13.5. The highest BCUT2D eigenvalue weighted by Gasteiger charge is 2.51. The van der Waals surface area contributed by atoms with Crippen molar-refractivity contribution in [1.29, 1.82) is 0 Å². The summed E-state index contributed by atoms with van der Waals surface area (Å²) in [7, 11) is 0. The van der Waals surface area contributed by atoms with Gasteiger partial charge in [-0.05, 0) is 66.6 Å². The maximum atomic E-state index is 13.5. The molecule has 3 aromatic rings. The molecule has 0 saturated heterocycles. The molecular weight excluding hydrogens is 422 g/mol. The van der Waals surface area contributed by atoms with Crippen LogP contribution in [0, 0.1) is 0 Å². The summed E-state index contributed by atoms with van der Waals surface area (Å²) in [4.78, 5) is 28.3. The Morgan fingerprint density at radius 2 is 1.72 bits per heavy atom. The fraction of sp³-hybridized carbons (Fsp3) is 0.259. The Labute approximate surface area is 192 Å². The molecule has 1 N–H and O–H groups in total. The van der Waals surface area contributed by atoms with Crippen LogP contribution in [-0.2, 0) is 29.8 Å². The summed E-state index contributed by atoms with van der Waals surface area (Å²) in [6, 6.07) is 20.4. The minimum Gasteiger partial charge on any atom is -0.375 e. The van der Waals surface area contributed by atoms with Gasteiger partial charge in [0.15, 0.2) is 11.4 Å². The van der Waals surface area contributed by atoms with E-state index < -0.39 is 11.5 Å². The van der Waals surface area contributed by atoms with Gasteiger partial charge in [-0.1, -0.05) is 54.1 Å². The Bertz CT molecular complexity index is 1210. The molecule has 5 heteroatoms. The van der Waals surface area contributed by atoms with Crippen LogP contribution >= 0.6 is 11.6 Å². The largest absolute Gasteiger partial charge is 0.375 e. The van der Waals surface area contributed by atoms with Gasteiger partial charge in [-0.2, -0.15) is 0 Å². The molecule has 4 nitrogen and oxygen atoms in total. The van der Waals surface area contributed by atoms with Crippen LogP contribution in [0.4, 0.5) is 5.69 Å². The molecule has 1 unspecified atom stereocenters. The lowest BCUT2D eigenvalue weighted by Crippen LogP contribution is -2.41. The normalized spacial score (nSPS) is 19.6.